The van der Waals surface area contributed by atoms with Crippen molar-refractivity contribution in [3.63, 3.8) is 0 Å². The van der Waals surface area contributed by atoms with Crippen LogP contribution in [-0.2, 0) is 9.53 Å². The molecule has 0 rings (SSSR count). The molecule has 0 fully saturated rings. The minimum Gasteiger partial charge on any atom is -0.450 e. The molecule has 0 aromatic heterocycles. The van der Waals surface area contributed by atoms with Crippen molar-refractivity contribution in [2.24, 2.45) is 5.73 Å². The first kappa shape index (κ1) is 19.4. The molecule has 0 aliphatic carbocycles. The average molecular weight is 285 g/mol. The highest BCUT2D eigenvalue weighted by atomic mass is 16.5. The van der Waals surface area contributed by atoms with E-state index in [0.717, 1.165) is 12.8 Å². The summed E-state index contributed by atoms with van der Waals surface area (Å²) >= 11 is 0. The zero-order valence-corrected chi connectivity index (χ0v) is 13.5. The van der Waals surface area contributed by atoms with Gasteiger partial charge in [0.25, 0.3) is 0 Å². The van der Waals surface area contributed by atoms with E-state index in [-0.39, 0.29) is 12.7 Å². The van der Waals surface area contributed by atoms with E-state index >= 15 is 0 Å². The zero-order chi connectivity index (χ0) is 14.9. The third-order valence-electron chi connectivity index (χ3n) is 3.73. The van der Waals surface area contributed by atoms with Gasteiger partial charge in [-0.05, 0) is 6.42 Å². The van der Waals surface area contributed by atoms with Crippen molar-refractivity contribution >= 4 is 5.97 Å². The van der Waals surface area contributed by atoms with Gasteiger partial charge in [0, 0.05) is 6.42 Å². The highest BCUT2D eigenvalue weighted by Crippen LogP contribution is 2.12. The van der Waals surface area contributed by atoms with Gasteiger partial charge in [0.1, 0.15) is 6.73 Å². The van der Waals surface area contributed by atoms with Crippen molar-refractivity contribution in [3.05, 3.63) is 0 Å². The van der Waals surface area contributed by atoms with E-state index in [2.05, 4.69) is 11.7 Å². The molecule has 0 radical (unpaired) electrons. The largest absolute Gasteiger partial charge is 0.450 e. The Morgan fingerprint density at radius 1 is 0.750 bits per heavy atom. The van der Waals surface area contributed by atoms with Crippen molar-refractivity contribution < 1.29 is 9.53 Å². The average Bonchev–Trinajstić information content (AvgIpc) is 2.44. The van der Waals surface area contributed by atoms with Gasteiger partial charge in [0.15, 0.2) is 0 Å². The van der Waals surface area contributed by atoms with Gasteiger partial charge < -0.3 is 4.74 Å². The van der Waals surface area contributed by atoms with Gasteiger partial charge in [-0.3, -0.25) is 10.5 Å². The van der Waals surface area contributed by atoms with Gasteiger partial charge in [0.05, 0.1) is 0 Å². The second-order valence-corrected chi connectivity index (χ2v) is 5.68. The van der Waals surface area contributed by atoms with Crippen LogP contribution in [-0.4, -0.2) is 12.7 Å². The topological polar surface area (TPSA) is 52.3 Å². The van der Waals surface area contributed by atoms with Crippen molar-refractivity contribution in [2.45, 2.75) is 96.8 Å². The van der Waals surface area contributed by atoms with E-state index in [1.165, 1.54) is 70.6 Å². The molecule has 0 unspecified atom stereocenters. The van der Waals surface area contributed by atoms with Crippen LogP contribution in [0.15, 0.2) is 0 Å². The summed E-state index contributed by atoms with van der Waals surface area (Å²) in [7, 11) is 0. The van der Waals surface area contributed by atoms with Crippen LogP contribution < -0.4 is 5.73 Å². The number of esters is 1. The fourth-order valence-electron chi connectivity index (χ4n) is 2.45. The molecule has 120 valence electrons. The monoisotopic (exact) mass is 285 g/mol. The summed E-state index contributed by atoms with van der Waals surface area (Å²) in [5, 5.41) is 0. The smallest absolute Gasteiger partial charge is 0.307 e. The van der Waals surface area contributed by atoms with Gasteiger partial charge in [-0.25, -0.2) is 0 Å². The molecule has 0 aliphatic heterocycles. The summed E-state index contributed by atoms with van der Waals surface area (Å²) in [6.45, 7) is 2.28. The summed E-state index contributed by atoms with van der Waals surface area (Å²) in [5.41, 5.74) is 5.13. The molecule has 3 nitrogen and oxygen atoms in total. The molecule has 3 heteroatoms. The number of hydrogen-bond donors (Lipinski definition) is 1. The first-order valence-corrected chi connectivity index (χ1v) is 8.67. The lowest BCUT2D eigenvalue weighted by molar-refractivity contribution is -0.143. The number of unbranched alkanes of at least 4 members (excludes halogenated alkanes) is 12. The number of ether oxygens (including phenoxy) is 1. The Kier molecular flexibility index (Phi) is 16.0. The van der Waals surface area contributed by atoms with Crippen LogP contribution in [0, 0.1) is 0 Å². The molecule has 0 saturated carbocycles. The Morgan fingerprint density at radius 3 is 1.55 bits per heavy atom. The molecular formula is C17H35NO2. The molecule has 0 bridgehead atoms. The van der Waals surface area contributed by atoms with E-state index in [1.54, 1.807) is 0 Å². The Balaban J connectivity index is 3.01. The van der Waals surface area contributed by atoms with Crippen LogP contribution >= 0.6 is 0 Å². The van der Waals surface area contributed by atoms with Crippen molar-refractivity contribution in [1.29, 1.82) is 0 Å². The maximum atomic E-state index is 11.0. The molecule has 0 aliphatic rings. The van der Waals surface area contributed by atoms with Crippen LogP contribution in [0.4, 0.5) is 0 Å². The molecule has 0 spiro atoms. The summed E-state index contributed by atoms with van der Waals surface area (Å²) in [6.07, 6.45) is 17.7. The van der Waals surface area contributed by atoms with E-state index in [9.17, 15) is 4.79 Å². The highest BCUT2D eigenvalue weighted by molar-refractivity contribution is 5.69. The second-order valence-electron chi connectivity index (χ2n) is 5.68. The highest BCUT2D eigenvalue weighted by Gasteiger charge is 2.00. The van der Waals surface area contributed by atoms with Gasteiger partial charge in [-0.2, -0.15) is 0 Å². The van der Waals surface area contributed by atoms with Crippen LogP contribution in [0.3, 0.4) is 0 Å². The van der Waals surface area contributed by atoms with Gasteiger partial charge in [0.2, 0.25) is 0 Å². The molecule has 0 amide bonds. The maximum absolute atomic E-state index is 11.0. The predicted molar refractivity (Wildman–Crippen MR) is 85.5 cm³/mol. The third-order valence-corrected chi connectivity index (χ3v) is 3.73. The summed E-state index contributed by atoms with van der Waals surface area (Å²) in [6, 6.07) is 0. The molecular weight excluding hydrogens is 250 g/mol. The summed E-state index contributed by atoms with van der Waals surface area (Å²) < 4.78 is 4.69. The van der Waals surface area contributed by atoms with Crippen LogP contribution in [0.5, 0.6) is 0 Å². The van der Waals surface area contributed by atoms with Crippen molar-refractivity contribution in [1.82, 2.24) is 0 Å². The Bertz CT molecular complexity index is 207. The Hall–Kier alpha value is -0.570. The number of carbonyl (C=O) groups excluding carboxylic acids is 1. The normalized spacial score (nSPS) is 10.7. The Morgan fingerprint density at radius 2 is 1.15 bits per heavy atom. The maximum Gasteiger partial charge on any atom is 0.307 e. The fraction of sp³-hybridized carbons (Fsp3) is 0.941. The molecule has 0 heterocycles. The van der Waals surface area contributed by atoms with Crippen LogP contribution in [0.2, 0.25) is 0 Å². The van der Waals surface area contributed by atoms with E-state index in [0.29, 0.717) is 6.42 Å². The predicted octanol–water partition coefficient (Wildman–Crippen LogP) is 4.93. The molecule has 0 saturated heterocycles. The molecule has 0 aromatic carbocycles. The molecule has 20 heavy (non-hydrogen) atoms. The van der Waals surface area contributed by atoms with E-state index in [1.807, 2.05) is 0 Å². The lowest BCUT2D eigenvalue weighted by Crippen LogP contribution is -2.11. The lowest BCUT2D eigenvalue weighted by Gasteiger charge is -2.03. The molecule has 0 aromatic rings. The summed E-state index contributed by atoms with van der Waals surface area (Å²) in [4.78, 5) is 11.0. The molecule has 0 atom stereocenters. The van der Waals surface area contributed by atoms with Crippen molar-refractivity contribution in [2.75, 3.05) is 6.73 Å². The van der Waals surface area contributed by atoms with Gasteiger partial charge in [-0.1, -0.05) is 84.0 Å². The SMILES string of the molecule is CCCCCCCCCCCCCCCC(=O)OCN. The number of nitrogens with two attached hydrogens (primary N) is 1. The number of hydrogen-bond acceptors (Lipinski definition) is 3. The minimum absolute atomic E-state index is 0.0112. The summed E-state index contributed by atoms with van der Waals surface area (Å²) in [5.74, 6) is -0.157. The van der Waals surface area contributed by atoms with Gasteiger partial charge in [-0.15, -0.1) is 0 Å². The molecule has 2 N–H and O–H groups in total. The second kappa shape index (κ2) is 16.5. The minimum atomic E-state index is -0.157. The quantitative estimate of drug-likeness (QED) is 0.264. The van der Waals surface area contributed by atoms with E-state index in [4.69, 9.17) is 5.73 Å². The first-order chi connectivity index (χ1) is 9.81. The lowest BCUT2D eigenvalue weighted by atomic mass is 10.0. The number of rotatable bonds is 15. The third kappa shape index (κ3) is 15.5. The Labute approximate surface area is 125 Å². The van der Waals surface area contributed by atoms with E-state index < -0.39 is 0 Å². The van der Waals surface area contributed by atoms with Crippen LogP contribution in [0.1, 0.15) is 96.8 Å². The van der Waals surface area contributed by atoms with Crippen LogP contribution in [0.25, 0.3) is 0 Å². The first-order valence-electron chi connectivity index (χ1n) is 8.67. The van der Waals surface area contributed by atoms with Gasteiger partial charge >= 0.3 is 5.97 Å². The standard InChI is InChI=1S/C17H35NO2/c1-2-3-4-5-6-7-8-9-10-11-12-13-14-15-17(19)20-16-18/h2-16,18H2,1H3. The zero-order valence-electron chi connectivity index (χ0n) is 13.5. The number of carbonyl (C=O) groups is 1. The fourth-order valence-corrected chi connectivity index (χ4v) is 2.45. The van der Waals surface area contributed by atoms with Crippen molar-refractivity contribution in [3.8, 4) is 0 Å².